The van der Waals surface area contributed by atoms with Gasteiger partial charge in [0.15, 0.2) is 6.20 Å². The van der Waals surface area contributed by atoms with Gasteiger partial charge in [0.25, 0.3) is 0 Å². The molecule has 8 nitrogen and oxygen atoms in total. The van der Waals surface area contributed by atoms with Gasteiger partial charge in [-0.1, -0.05) is 4.98 Å². The third-order valence-corrected chi connectivity index (χ3v) is 1.29. The molecule has 0 bridgehead atoms. The first kappa shape index (κ1) is 8.11. The lowest BCUT2D eigenvalue weighted by Crippen LogP contribution is -2.01. The van der Waals surface area contributed by atoms with Gasteiger partial charge in [-0.15, -0.1) is 0 Å². The van der Waals surface area contributed by atoms with Crippen LogP contribution in [0, 0.1) is 20.2 Å². The van der Waals surface area contributed by atoms with E-state index in [2.05, 4.69) is 4.98 Å². The molecule has 0 unspecified atom stereocenters. The van der Waals surface area contributed by atoms with Gasteiger partial charge in [0.05, 0.1) is 7.05 Å². The first-order valence-corrected chi connectivity index (χ1v) is 2.84. The molecule has 0 N–H and O–H groups in total. The average Bonchev–Trinajstić information content (AvgIpc) is 2.30. The molecule has 0 spiro atoms. The third kappa shape index (κ3) is 1.09. The first-order valence-electron chi connectivity index (χ1n) is 2.84. The van der Waals surface area contributed by atoms with Gasteiger partial charge in [-0.25, -0.2) is 0 Å². The highest BCUT2D eigenvalue weighted by Gasteiger charge is 2.20. The van der Waals surface area contributed by atoms with E-state index in [0.29, 0.717) is 0 Å². The van der Waals surface area contributed by atoms with Crippen LogP contribution < -0.4 is 0 Å². The monoisotopic (exact) mass is 172 g/mol. The summed E-state index contributed by atoms with van der Waals surface area (Å²) < 4.78 is 0.806. The first-order chi connectivity index (χ1) is 5.54. The van der Waals surface area contributed by atoms with Gasteiger partial charge in [-0.2, -0.15) is 4.57 Å². The predicted octanol–water partition coefficient (Wildman–Crippen LogP) is 0.236. The molecule has 1 aromatic rings. The summed E-state index contributed by atoms with van der Waals surface area (Å²) in [5, 5.41) is 20.3. The Bertz CT molecular complexity index is 311. The summed E-state index contributed by atoms with van der Waals surface area (Å²) in [7, 11) is 1.21. The molecule has 0 aliphatic rings. The van der Waals surface area contributed by atoms with Crippen LogP contribution in [-0.4, -0.2) is 19.4 Å². The maximum absolute atomic E-state index is 10.2. The molecule has 0 aliphatic heterocycles. The molecule has 0 saturated heterocycles. The van der Waals surface area contributed by atoms with E-state index >= 15 is 0 Å². The fraction of sp³-hybridized carbons (Fsp3) is 0.250. The molecular weight excluding hydrogens is 168 g/mol. The van der Waals surface area contributed by atoms with Gasteiger partial charge < -0.3 is 20.2 Å². The zero-order valence-electron chi connectivity index (χ0n) is 6.00. The normalized spacial score (nSPS) is 9.75. The fourth-order valence-electron chi connectivity index (χ4n) is 0.730. The minimum absolute atomic E-state index is 0.401. The van der Waals surface area contributed by atoms with E-state index in [1.807, 2.05) is 0 Å². The lowest BCUT2D eigenvalue weighted by molar-refractivity contribution is -0.406. The Hall–Kier alpha value is -1.99. The van der Waals surface area contributed by atoms with E-state index in [1.54, 1.807) is 0 Å². The van der Waals surface area contributed by atoms with Crippen molar-refractivity contribution in [3.8, 4) is 0 Å². The Labute approximate surface area is 65.7 Å². The van der Waals surface area contributed by atoms with E-state index in [0.717, 1.165) is 10.8 Å². The van der Waals surface area contributed by atoms with Gasteiger partial charge in [-0.3, -0.25) is 0 Å². The SMILES string of the molecule is Cn1c([N+](=O)[O-])cnc1[N+](=O)[O-]. The molecule has 0 amide bonds. The van der Waals surface area contributed by atoms with Crippen molar-refractivity contribution in [1.29, 1.82) is 0 Å². The summed E-state index contributed by atoms with van der Waals surface area (Å²) in [5.41, 5.74) is 0. The Morgan fingerprint density at radius 1 is 1.42 bits per heavy atom. The maximum Gasteiger partial charge on any atom is 0.437 e. The second kappa shape index (κ2) is 2.57. The molecule has 0 radical (unpaired) electrons. The van der Waals surface area contributed by atoms with Crippen LogP contribution >= 0.6 is 0 Å². The highest BCUT2D eigenvalue weighted by atomic mass is 16.6. The van der Waals surface area contributed by atoms with Crippen LogP contribution in [0.3, 0.4) is 0 Å². The smallest absolute Gasteiger partial charge is 0.390 e. The van der Waals surface area contributed by atoms with Crippen molar-refractivity contribution in [1.82, 2.24) is 9.55 Å². The number of hydrogen-bond acceptors (Lipinski definition) is 5. The van der Waals surface area contributed by atoms with Crippen LogP contribution in [0.4, 0.5) is 11.8 Å². The highest BCUT2D eigenvalue weighted by Crippen LogP contribution is 2.16. The number of aromatic nitrogens is 2. The van der Waals surface area contributed by atoms with Crippen LogP contribution in [0.15, 0.2) is 6.20 Å². The van der Waals surface area contributed by atoms with E-state index in [-0.39, 0.29) is 0 Å². The van der Waals surface area contributed by atoms with Gasteiger partial charge in [0.2, 0.25) is 0 Å². The zero-order chi connectivity index (χ0) is 9.30. The Morgan fingerprint density at radius 3 is 2.25 bits per heavy atom. The maximum atomic E-state index is 10.2. The second-order valence-corrected chi connectivity index (χ2v) is 1.99. The summed E-state index contributed by atoms with van der Waals surface area (Å²) in [6, 6.07) is 0. The van der Waals surface area contributed by atoms with Gasteiger partial charge in [-0.05, 0) is 9.85 Å². The third-order valence-electron chi connectivity index (χ3n) is 1.29. The minimum Gasteiger partial charge on any atom is -0.390 e. The number of nitrogens with zero attached hydrogens (tertiary/aromatic N) is 4. The molecule has 0 fully saturated rings. The predicted molar refractivity (Wildman–Crippen MR) is 36.5 cm³/mol. The van der Waals surface area contributed by atoms with Crippen molar-refractivity contribution in [2.45, 2.75) is 0 Å². The summed E-state index contributed by atoms with van der Waals surface area (Å²) in [6.45, 7) is 0. The largest absolute Gasteiger partial charge is 0.437 e. The zero-order valence-corrected chi connectivity index (χ0v) is 6.00. The van der Waals surface area contributed by atoms with Gasteiger partial charge in [0, 0.05) is 0 Å². The Balaban J connectivity index is 3.22. The molecule has 64 valence electrons. The summed E-state index contributed by atoms with van der Waals surface area (Å²) >= 11 is 0. The topological polar surface area (TPSA) is 104 Å². The lowest BCUT2D eigenvalue weighted by atomic mass is 10.7. The van der Waals surface area contributed by atoms with Crippen molar-refractivity contribution in [3.63, 3.8) is 0 Å². The van der Waals surface area contributed by atoms with Crippen LogP contribution in [-0.2, 0) is 7.05 Å². The molecule has 0 aliphatic carbocycles. The van der Waals surface area contributed by atoms with Crippen molar-refractivity contribution >= 4 is 11.8 Å². The fourth-order valence-corrected chi connectivity index (χ4v) is 0.730. The minimum atomic E-state index is -0.785. The molecule has 1 rings (SSSR count). The lowest BCUT2D eigenvalue weighted by Gasteiger charge is -1.95. The number of nitro groups is 2. The molecule has 1 heterocycles. The summed E-state index contributed by atoms with van der Waals surface area (Å²) in [4.78, 5) is 22.1. The molecule has 0 atom stereocenters. The molecule has 8 heteroatoms. The van der Waals surface area contributed by atoms with Crippen molar-refractivity contribution in [2.75, 3.05) is 0 Å². The standard InChI is InChI=1S/C4H4N4O4/c1-6-3(7(9)10)2-5-4(6)8(11)12/h2H,1H3. The van der Waals surface area contributed by atoms with Gasteiger partial charge in [0.1, 0.15) is 0 Å². The van der Waals surface area contributed by atoms with E-state index in [1.165, 1.54) is 7.05 Å². The van der Waals surface area contributed by atoms with E-state index in [4.69, 9.17) is 0 Å². The molecule has 0 aromatic carbocycles. The molecule has 1 aromatic heterocycles. The molecular formula is C4H4N4O4. The van der Waals surface area contributed by atoms with Crippen LogP contribution in [0.25, 0.3) is 0 Å². The second-order valence-electron chi connectivity index (χ2n) is 1.99. The molecule has 12 heavy (non-hydrogen) atoms. The van der Waals surface area contributed by atoms with Crippen LogP contribution in [0.1, 0.15) is 0 Å². The summed E-state index contributed by atoms with van der Waals surface area (Å²) in [6.07, 6.45) is 0.845. The number of hydrogen-bond donors (Lipinski definition) is 0. The van der Waals surface area contributed by atoms with Gasteiger partial charge >= 0.3 is 11.8 Å². The van der Waals surface area contributed by atoms with Crippen molar-refractivity contribution < 1.29 is 9.85 Å². The Morgan fingerprint density at radius 2 is 2.00 bits per heavy atom. The van der Waals surface area contributed by atoms with E-state index in [9.17, 15) is 20.2 Å². The Kier molecular flexibility index (Phi) is 1.73. The van der Waals surface area contributed by atoms with Crippen LogP contribution in [0.2, 0.25) is 0 Å². The summed E-state index contributed by atoms with van der Waals surface area (Å²) in [5.74, 6) is -0.941. The number of imidazole rings is 1. The van der Waals surface area contributed by atoms with E-state index < -0.39 is 21.6 Å². The number of rotatable bonds is 2. The highest BCUT2D eigenvalue weighted by molar-refractivity contribution is 5.25. The average molecular weight is 172 g/mol. The van der Waals surface area contributed by atoms with Crippen molar-refractivity contribution in [3.05, 3.63) is 26.4 Å². The quantitative estimate of drug-likeness (QED) is 0.469. The molecule has 0 saturated carbocycles. The van der Waals surface area contributed by atoms with Crippen molar-refractivity contribution in [2.24, 2.45) is 7.05 Å². The van der Waals surface area contributed by atoms with Crippen LogP contribution in [0.5, 0.6) is 0 Å².